The number of hydrogen-bond donors (Lipinski definition) is 0. The third-order valence-corrected chi connectivity index (χ3v) is 1.95. The average Bonchev–Trinajstić information content (AvgIpc) is 2.28. The molecule has 0 aliphatic carbocycles. The Kier molecular flexibility index (Phi) is 3.92. The number of esters is 1. The van der Waals surface area contributed by atoms with Gasteiger partial charge in [-0.2, -0.15) is 0 Å². The fraction of sp³-hybridized carbons (Fsp3) is 0.250. The predicted molar refractivity (Wildman–Crippen MR) is 58.4 cm³/mol. The second kappa shape index (κ2) is 5.20. The maximum atomic E-state index is 11.1. The lowest BCUT2D eigenvalue weighted by molar-refractivity contribution is 0.0600. The van der Waals surface area contributed by atoms with Crippen molar-refractivity contribution in [2.75, 3.05) is 13.7 Å². The van der Waals surface area contributed by atoms with E-state index in [2.05, 4.69) is 11.3 Å². The zero-order valence-electron chi connectivity index (χ0n) is 8.95. The molecule has 0 heterocycles. The van der Waals surface area contributed by atoms with Gasteiger partial charge in [0.25, 0.3) is 0 Å². The summed E-state index contributed by atoms with van der Waals surface area (Å²) in [5.74, 6) is 0.262. The van der Waals surface area contributed by atoms with Gasteiger partial charge >= 0.3 is 5.97 Å². The molecule has 0 amide bonds. The van der Waals surface area contributed by atoms with Gasteiger partial charge < -0.3 is 9.47 Å². The minimum atomic E-state index is -0.344. The van der Waals surface area contributed by atoms with Gasteiger partial charge in [-0.05, 0) is 19.1 Å². The molecule has 0 N–H and O–H groups in total. The predicted octanol–water partition coefficient (Wildman–Crippen LogP) is 2.48. The van der Waals surface area contributed by atoms with Crippen molar-refractivity contribution < 1.29 is 14.3 Å². The minimum absolute atomic E-state index is 0.344. The highest BCUT2D eigenvalue weighted by atomic mass is 16.5. The fourth-order valence-corrected chi connectivity index (χ4v) is 1.17. The number of rotatable bonds is 4. The highest BCUT2D eigenvalue weighted by Gasteiger charge is 2.05. The number of hydrogen-bond acceptors (Lipinski definition) is 3. The first-order valence-corrected chi connectivity index (χ1v) is 4.69. The first kappa shape index (κ1) is 11.3. The minimum Gasteiger partial charge on any atom is -0.494 e. The molecule has 15 heavy (non-hydrogen) atoms. The summed E-state index contributed by atoms with van der Waals surface area (Å²) >= 11 is 0. The molecule has 0 aliphatic heterocycles. The van der Waals surface area contributed by atoms with E-state index in [9.17, 15) is 4.79 Å². The second-order valence-corrected chi connectivity index (χ2v) is 2.93. The highest BCUT2D eigenvalue weighted by molar-refractivity contribution is 5.89. The standard InChI is InChI=1S/C12H14O3/c1-4-15-9(2)10-5-7-11(8-6-10)12(13)14-3/h5-8H,2,4H2,1,3H3. The first-order chi connectivity index (χ1) is 7.19. The molecule has 0 saturated carbocycles. The van der Waals surface area contributed by atoms with E-state index in [-0.39, 0.29) is 5.97 Å². The molecule has 0 aliphatic rings. The topological polar surface area (TPSA) is 35.5 Å². The molecule has 0 unspecified atom stereocenters. The zero-order chi connectivity index (χ0) is 11.3. The van der Waals surface area contributed by atoms with Gasteiger partial charge in [-0.3, -0.25) is 0 Å². The molecule has 3 nitrogen and oxygen atoms in total. The van der Waals surface area contributed by atoms with Crippen LogP contribution in [0.5, 0.6) is 0 Å². The van der Waals surface area contributed by atoms with E-state index in [1.165, 1.54) is 7.11 Å². The normalized spacial score (nSPS) is 9.47. The molecule has 0 saturated heterocycles. The van der Waals surface area contributed by atoms with Gasteiger partial charge in [0.05, 0.1) is 19.3 Å². The van der Waals surface area contributed by atoms with E-state index in [0.717, 1.165) is 5.56 Å². The van der Waals surface area contributed by atoms with Crippen LogP contribution in [0.3, 0.4) is 0 Å². The molecule has 1 aromatic carbocycles. The fourth-order valence-electron chi connectivity index (χ4n) is 1.17. The van der Waals surface area contributed by atoms with Crippen molar-refractivity contribution >= 4 is 11.7 Å². The van der Waals surface area contributed by atoms with Crippen LogP contribution in [0.15, 0.2) is 30.8 Å². The second-order valence-electron chi connectivity index (χ2n) is 2.93. The van der Waals surface area contributed by atoms with E-state index < -0.39 is 0 Å². The molecule has 0 aromatic heterocycles. The smallest absolute Gasteiger partial charge is 0.337 e. The summed E-state index contributed by atoms with van der Waals surface area (Å²) in [5.41, 5.74) is 1.38. The van der Waals surface area contributed by atoms with Crippen molar-refractivity contribution in [3.05, 3.63) is 42.0 Å². The Labute approximate surface area is 89.3 Å². The summed E-state index contributed by atoms with van der Waals surface area (Å²) in [6, 6.07) is 6.94. The van der Waals surface area contributed by atoms with Crippen molar-refractivity contribution in [1.82, 2.24) is 0 Å². The molecule has 0 bridgehead atoms. The van der Waals surface area contributed by atoms with E-state index in [4.69, 9.17) is 4.74 Å². The van der Waals surface area contributed by atoms with Crippen LogP contribution in [0.1, 0.15) is 22.8 Å². The van der Waals surface area contributed by atoms with Crippen LogP contribution in [0.25, 0.3) is 5.76 Å². The Hall–Kier alpha value is -1.77. The molecule has 1 aromatic rings. The molecule has 3 heteroatoms. The Morgan fingerprint density at radius 2 is 1.80 bits per heavy atom. The van der Waals surface area contributed by atoms with Crippen LogP contribution in [0, 0.1) is 0 Å². The maximum absolute atomic E-state index is 11.1. The maximum Gasteiger partial charge on any atom is 0.337 e. The Morgan fingerprint density at radius 3 is 2.27 bits per heavy atom. The molecular formula is C12H14O3. The zero-order valence-corrected chi connectivity index (χ0v) is 8.95. The lowest BCUT2D eigenvalue weighted by atomic mass is 10.1. The first-order valence-electron chi connectivity index (χ1n) is 4.69. The van der Waals surface area contributed by atoms with Gasteiger partial charge in [0.1, 0.15) is 5.76 Å². The molecule has 0 spiro atoms. The van der Waals surface area contributed by atoms with Gasteiger partial charge in [0, 0.05) is 5.56 Å². The third-order valence-electron chi connectivity index (χ3n) is 1.95. The third kappa shape index (κ3) is 2.84. The molecule has 0 fully saturated rings. The Morgan fingerprint density at radius 1 is 1.27 bits per heavy atom. The summed E-state index contributed by atoms with van der Waals surface area (Å²) < 4.78 is 9.84. The monoisotopic (exact) mass is 206 g/mol. The number of carbonyl (C=O) groups is 1. The highest BCUT2D eigenvalue weighted by Crippen LogP contribution is 2.14. The van der Waals surface area contributed by atoms with Gasteiger partial charge in [0.2, 0.25) is 0 Å². The van der Waals surface area contributed by atoms with Crippen LogP contribution in [0.2, 0.25) is 0 Å². The summed E-state index contributed by atoms with van der Waals surface area (Å²) in [4.78, 5) is 11.1. The summed E-state index contributed by atoms with van der Waals surface area (Å²) in [5, 5.41) is 0. The molecule has 1 rings (SSSR count). The Bertz CT molecular complexity index is 352. The van der Waals surface area contributed by atoms with Crippen LogP contribution < -0.4 is 0 Å². The summed E-state index contributed by atoms with van der Waals surface area (Å²) in [6.45, 7) is 6.25. The summed E-state index contributed by atoms with van der Waals surface area (Å²) in [7, 11) is 1.36. The van der Waals surface area contributed by atoms with Crippen molar-refractivity contribution in [3.8, 4) is 0 Å². The van der Waals surface area contributed by atoms with E-state index in [1.54, 1.807) is 24.3 Å². The van der Waals surface area contributed by atoms with E-state index in [1.807, 2.05) is 6.92 Å². The van der Waals surface area contributed by atoms with E-state index >= 15 is 0 Å². The number of methoxy groups -OCH3 is 1. The molecule has 0 atom stereocenters. The van der Waals surface area contributed by atoms with Gasteiger partial charge in [-0.15, -0.1) is 0 Å². The number of benzene rings is 1. The summed E-state index contributed by atoms with van der Waals surface area (Å²) in [6.07, 6.45) is 0. The lowest BCUT2D eigenvalue weighted by Crippen LogP contribution is -2.01. The molecule has 80 valence electrons. The number of ether oxygens (including phenoxy) is 2. The molecular weight excluding hydrogens is 192 g/mol. The van der Waals surface area contributed by atoms with Crippen molar-refractivity contribution in [1.29, 1.82) is 0 Å². The average molecular weight is 206 g/mol. The van der Waals surface area contributed by atoms with Crippen molar-refractivity contribution in [2.24, 2.45) is 0 Å². The van der Waals surface area contributed by atoms with Crippen LogP contribution >= 0.6 is 0 Å². The Balaban J connectivity index is 2.80. The van der Waals surface area contributed by atoms with Gasteiger partial charge in [-0.25, -0.2) is 4.79 Å². The van der Waals surface area contributed by atoms with E-state index in [0.29, 0.717) is 17.9 Å². The van der Waals surface area contributed by atoms with Crippen molar-refractivity contribution in [2.45, 2.75) is 6.92 Å². The van der Waals surface area contributed by atoms with Crippen LogP contribution in [-0.2, 0) is 9.47 Å². The van der Waals surface area contributed by atoms with Gasteiger partial charge in [-0.1, -0.05) is 18.7 Å². The van der Waals surface area contributed by atoms with Crippen LogP contribution in [-0.4, -0.2) is 19.7 Å². The molecule has 0 radical (unpaired) electrons. The van der Waals surface area contributed by atoms with Gasteiger partial charge in [0.15, 0.2) is 0 Å². The lowest BCUT2D eigenvalue weighted by Gasteiger charge is -2.07. The number of carbonyl (C=O) groups excluding carboxylic acids is 1. The van der Waals surface area contributed by atoms with Crippen molar-refractivity contribution in [3.63, 3.8) is 0 Å². The van der Waals surface area contributed by atoms with Crippen LogP contribution in [0.4, 0.5) is 0 Å². The SMILES string of the molecule is C=C(OCC)c1ccc(C(=O)OC)cc1. The quantitative estimate of drug-likeness (QED) is 0.560. The largest absolute Gasteiger partial charge is 0.494 e.